The molecular formula is C14H15BrN2O2. The molecule has 5 heteroatoms. The van der Waals surface area contributed by atoms with Gasteiger partial charge >= 0.3 is 0 Å². The third-order valence-corrected chi connectivity index (χ3v) is 2.90. The molecule has 2 aromatic rings. The van der Waals surface area contributed by atoms with E-state index in [9.17, 15) is 10.1 Å². The molecule has 1 aromatic carbocycles. The zero-order valence-electron chi connectivity index (χ0n) is 10.6. The van der Waals surface area contributed by atoms with Crippen LogP contribution in [0.25, 0.3) is 0 Å². The lowest BCUT2D eigenvalue weighted by Gasteiger charge is -2.02. The minimum absolute atomic E-state index is 0. The second-order valence-electron chi connectivity index (χ2n) is 4.10. The molecule has 0 radical (unpaired) electrons. The lowest BCUT2D eigenvalue weighted by molar-refractivity contribution is -0.695. The molecule has 1 heterocycles. The van der Waals surface area contributed by atoms with Crippen LogP contribution in [0.4, 0.5) is 5.69 Å². The van der Waals surface area contributed by atoms with Gasteiger partial charge in [-0.1, -0.05) is 13.0 Å². The van der Waals surface area contributed by atoms with Crippen molar-refractivity contribution in [3.05, 3.63) is 70.0 Å². The van der Waals surface area contributed by atoms with E-state index >= 15 is 0 Å². The van der Waals surface area contributed by atoms with Crippen LogP contribution in [0, 0.1) is 10.1 Å². The van der Waals surface area contributed by atoms with E-state index in [1.54, 1.807) is 24.3 Å². The SMILES string of the molecule is CCc1cccc[n+]1Cc1ccc([N+](=O)[O-])cc1.[Br-]. The molecular weight excluding hydrogens is 308 g/mol. The van der Waals surface area contributed by atoms with Gasteiger partial charge in [-0.3, -0.25) is 10.1 Å². The molecule has 0 spiro atoms. The summed E-state index contributed by atoms with van der Waals surface area (Å²) in [7, 11) is 0. The standard InChI is InChI=1S/C14H15N2O2.BrH/c1-2-13-5-3-4-10-15(13)11-12-6-8-14(9-7-12)16(17)18;/h3-10H,2,11H2,1H3;1H/q+1;/p-1. The third-order valence-electron chi connectivity index (χ3n) is 2.90. The Morgan fingerprint density at radius 1 is 1.16 bits per heavy atom. The molecule has 4 nitrogen and oxygen atoms in total. The van der Waals surface area contributed by atoms with Gasteiger partial charge in [-0.05, 0) is 12.1 Å². The molecule has 0 aliphatic carbocycles. The fourth-order valence-electron chi connectivity index (χ4n) is 1.91. The Labute approximate surface area is 122 Å². The number of nitrogens with zero attached hydrogens (tertiary/aromatic N) is 2. The number of pyridine rings is 1. The molecule has 1 aromatic heterocycles. The largest absolute Gasteiger partial charge is 1.00 e. The average Bonchev–Trinajstić information content (AvgIpc) is 2.40. The van der Waals surface area contributed by atoms with Crippen molar-refractivity contribution in [1.29, 1.82) is 0 Å². The molecule has 0 fully saturated rings. The van der Waals surface area contributed by atoms with Gasteiger partial charge in [0, 0.05) is 36.2 Å². The van der Waals surface area contributed by atoms with Crippen molar-refractivity contribution >= 4 is 5.69 Å². The minimum atomic E-state index is -0.378. The van der Waals surface area contributed by atoms with Crippen LogP contribution in [-0.4, -0.2) is 4.92 Å². The molecule has 0 aliphatic rings. The van der Waals surface area contributed by atoms with E-state index in [0.29, 0.717) is 0 Å². The van der Waals surface area contributed by atoms with Crippen molar-refractivity contribution in [3.8, 4) is 0 Å². The van der Waals surface area contributed by atoms with Crippen molar-refractivity contribution in [1.82, 2.24) is 0 Å². The Hall–Kier alpha value is -1.75. The highest BCUT2D eigenvalue weighted by Gasteiger charge is 2.10. The first-order valence-electron chi connectivity index (χ1n) is 5.91. The van der Waals surface area contributed by atoms with Gasteiger partial charge < -0.3 is 17.0 Å². The topological polar surface area (TPSA) is 47.0 Å². The van der Waals surface area contributed by atoms with Gasteiger partial charge in [-0.25, -0.2) is 0 Å². The van der Waals surface area contributed by atoms with E-state index in [4.69, 9.17) is 0 Å². The quantitative estimate of drug-likeness (QED) is 0.433. The first kappa shape index (κ1) is 15.3. The van der Waals surface area contributed by atoms with Crippen LogP contribution in [-0.2, 0) is 13.0 Å². The summed E-state index contributed by atoms with van der Waals surface area (Å²) in [6.45, 7) is 2.85. The van der Waals surface area contributed by atoms with Gasteiger partial charge in [0.25, 0.3) is 5.69 Å². The van der Waals surface area contributed by atoms with Crippen LogP contribution in [0.2, 0.25) is 0 Å². The number of benzene rings is 1. The maximum atomic E-state index is 10.6. The summed E-state index contributed by atoms with van der Waals surface area (Å²) >= 11 is 0. The Kier molecular flexibility index (Phi) is 5.63. The molecule has 0 atom stereocenters. The van der Waals surface area contributed by atoms with Crippen molar-refractivity contribution in [2.75, 3.05) is 0 Å². The third kappa shape index (κ3) is 3.86. The molecule has 0 unspecified atom stereocenters. The molecule has 0 saturated carbocycles. The van der Waals surface area contributed by atoms with Crippen LogP contribution in [0.3, 0.4) is 0 Å². The normalized spacial score (nSPS) is 9.74. The highest BCUT2D eigenvalue weighted by molar-refractivity contribution is 5.32. The maximum Gasteiger partial charge on any atom is 0.269 e. The predicted molar refractivity (Wildman–Crippen MR) is 68.2 cm³/mol. The molecule has 0 saturated heterocycles. The number of hydrogen-bond acceptors (Lipinski definition) is 2. The molecule has 0 N–H and O–H groups in total. The van der Waals surface area contributed by atoms with E-state index < -0.39 is 0 Å². The zero-order chi connectivity index (χ0) is 13.0. The number of aromatic nitrogens is 1. The highest BCUT2D eigenvalue weighted by Crippen LogP contribution is 2.11. The van der Waals surface area contributed by atoms with Gasteiger partial charge in [0.15, 0.2) is 18.4 Å². The van der Waals surface area contributed by atoms with Crippen LogP contribution in [0.1, 0.15) is 18.2 Å². The van der Waals surface area contributed by atoms with E-state index in [1.807, 2.05) is 18.3 Å². The lowest BCUT2D eigenvalue weighted by atomic mass is 10.2. The fraction of sp³-hybridized carbons (Fsp3) is 0.214. The monoisotopic (exact) mass is 322 g/mol. The second-order valence-corrected chi connectivity index (χ2v) is 4.10. The smallest absolute Gasteiger partial charge is 0.269 e. The number of hydrogen-bond donors (Lipinski definition) is 0. The van der Waals surface area contributed by atoms with E-state index in [-0.39, 0.29) is 27.6 Å². The predicted octanol–water partition coefficient (Wildman–Crippen LogP) is -0.503. The molecule has 19 heavy (non-hydrogen) atoms. The van der Waals surface area contributed by atoms with Crippen LogP contribution in [0.5, 0.6) is 0 Å². The highest BCUT2D eigenvalue weighted by atomic mass is 79.9. The zero-order valence-corrected chi connectivity index (χ0v) is 12.2. The summed E-state index contributed by atoms with van der Waals surface area (Å²) in [6.07, 6.45) is 2.99. The summed E-state index contributed by atoms with van der Waals surface area (Å²) in [5.41, 5.74) is 2.44. The molecule has 0 bridgehead atoms. The van der Waals surface area contributed by atoms with Gasteiger partial charge in [-0.2, -0.15) is 4.57 Å². The molecule has 0 aliphatic heterocycles. The number of nitro groups is 1. The number of halogens is 1. The average molecular weight is 323 g/mol. The van der Waals surface area contributed by atoms with Gasteiger partial charge in [0.1, 0.15) is 0 Å². The lowest BCUT2D eigenvalue weighted by Crippen LogP contribution is -3.00. The van der Waals surface area contributed by atoms with Crippen LogP contribution in [0.15, 0.2) is 48.7 Å². The molecule has 0 amide bonds. The first-order valence-corrected chi connectivity index (χ1v) is 5.91. The van der Waals surface area contributed by atoms with Gasteiger partial charge in [-0.15, -0.1) is 0 Å². The Morgan fingerprint density at radius 2 is 1.84 bits per heavy atom. The minimum Gasteiger partial charge on any atom is -1.00 e. The second kappa shape index (κ2) is 6.99. The Bertz CT molecular complexity index is 556. The summed E-state index contributed by atoms with van der Waals surface area (Å²) in [5, 5.41) is 10.6. The van der Waals surface area contributed by atoms with Crippen molar-refractivity contribution in [2.24, 2.45) is 0 Å². The maximum absolute atomic E-state index is 10.6. The van der Waals surface area contributed by atoms with Crippen LogP contribution < -0.4 is 21.5 Å². The molecule has 100 valence electrons. The summed E-state index contributed by atoms with van der Waals surface area (Å²) in [5.74, 6) is 0. The number of rotatable bonds is 4. The van der Waals surface area contributed by atoms with Gasteiger partial charge in [0.2, 0.25) is 0 Å². The van der Waals surface area contributed by atoms with E-state index in [2.05, 4.69) is 17.6 Å². The molecule has 2 rings (SSSR count). The van der Waals surface area contributed by atoms with Crippen molar-refractivity contribution in [3.63, 3.8) is 0 Å². The van der Waals surface area contributed by atoms with Crippen molar-refractivity contribution < 1.29 is 26.5 Å². The Morgan fingerprint density at radius 3 is 2.42 bits per heavy atom. The van der Waals surface area contributed by atoms with Crippen molar-refractivity contribution in [2.45, 2.75) is 19.9 Å². The Balaban J connectivity index is 0.00000180. The van der Waals surface area contributed by atoms with Gasteiger partial charge in [0.05, 0.1) is 4.92 Å². The summed E-state index contributed by atoms with van der Waals surface area (Å²) in [4.78, 5) is 10.2. The summed E-state index contributed by atoms with van der Waals surface area (Å²) in [6, 6.07) is 12.8. The fourth-order valence-corrected chi connectivity index (χ4v) is 1.91. The number of aryl methyl sites for hydroxylation is 1. The summed E-state index contributed by atoms with van der Waals surface area (Å²) < 4.78 is 2.15. The van der Waals surface area contributed by atoms with E-state index in [1.165, 1.54) is 5.69 Å². The number of non-ortho nitro benzene ring substituents is 1. The van der Waals surface area contributed by atoms with E-state index in [0.717, 1.165) is 18.5 Å². The first-order chi connectivity index (χ1) is 8.70. The number of nitro benzene ring substituents is 1. The van der Waals surface area contributed by atoms with Crippen LogP contribution >= 0.6 is 0 Å².